The lowest BCUT2D eigenvalue weighted by atomic mass is 10.5. The first-order valence-electron chi connectivity index (χ1n) is 3.94. The third-order valence-electron chi connectivity index (χ3n) is 1.43. The molecule has 0 radical (unpaired) electrons. The number of carboxylic acid groups (broad SMARTS) is 1. The van der Waals surface area contributed by atoms with Crippen molar-refractivity contribution in [3.05, 3.63) is 12.0 Å². The number of aryl methyl sites for hydroxylation is 1. The fourth-order valence-electron chi connectivity index (χ4n) is 0.815. The molecule has 0 bridgehead atoms. The molecule has 1 unspecified atom stereocenters. The smallest absolute Gasteiger partial charge is 0.319 e. The Kier molecular flexibility index (Phi) is 3.97. The van der Waals surface area contributed by atoms with E-state index in [1.54, 1.807) is 6.92 Å². The van der Waals surface area contributed by atoms with Crippen molar-refractivity contribution in [2.45, 2.75) is 17.4 Å². The number of rotatable bonds is 5. The van der Waals surface area contributed by atoms with Crippen molar-refractivity contribution in [1.29, 1.82) is 0 Å². The summed E-state index contributed by atoms with van der Waals surface area (Å²) in [5, 5.41) is 8.47. The lowest BCUT2D eigenvalue weighted by Gasteiger charge is -2.07. The number of aromatic nitrogens is 1. The number of aliphatic carboxylic acids is 1. The van der Waals surface area contributed by atoms with Gasteiger partial charge in [0, 0.05) is 7.11 Å². The Balaban J connectivity index is 2.59. The van der Waals surface area contributed by atoms with Gasteiger partial charge in [-0.2, -0.15) is 0 Å². The summed E-state index contributed by atoms with van der Waals surface area (Å²) >= 11 is 1.04. The van der Waals surface area contributed by atoms with Crippen LogP contribution in [0.2, 0.25) is 0 Å². The summed E-state index contributed by atoms with van der Waals surface area (Å²) in [7, 11) is 1.46. The molecule has 0 aliphatic rings. The second-order valence-corrected chi connectivity index (χ2v) is 3.81. The molecule has 5 nitrogen and oxygen atoms in total. The number of hydrogen-bond donors (Lipinski definition) is 1. The second-order valence-electron chi connectivity index (χ2n) is 2.65. The molecule has 1 N–H and O–H groups in total. The SMILES string of the molecule is COCC(Sc1nc(C)co1)C(=O)O. The van der Waals surface area contributed by atoms with Crippen LogP contribution in [0.5, 0.6) is 0 Å². The molecule has 0 saturated carbocycles. The van der Waals surface area contributed by atoms with Gasteiger partial charge in [0.25, 0.3) is 5.22 Å². The molecule has 0 aliphatic heterocycles. The third-order valence-corrected chi connectivity index (χ3v) is 2.45. The molecule has 1 rings (SSSR count). The molecule has 0 fully saturated rings. The van der Waals surface area contributed by atoms with Crippen LogP contribution in [0.1, 0.15) is 5.69 Å². The van der Waals surface area contributed by atoms with Crippen molar-refractivity contribution >= 4 is 17.7 Å². The predicted molar refractivity (Wildman–Crippen MR) is 50.4 cm³/mol. The summed E-state index contributed by atoms with van der Waals surface area (Å²) in [6.45, 7) is 1.90. The first-order chi connectivity index (χ1) is 6.63. The third kappa shape index (κ3) is 3.04. The normalized spacial score (nSPS) is 12.7. The van der Waals surface area contributed by atoms with Gasteiger partial charge in [-0.15, -0.1) is 0 Å². The number of methoxy groups -OCH3 is 1. The zero-order valence-corrected chi connectivity index (χ0v) is 8.71. The highest BCUT2D eigenvalue weighted by atomic mass is 32.2. The Bertz CT molecular complexity index is 312. The standard InChI is InChI=1S/C8H11NO4S/c1-5-3-13-8(9-5)14-6(4-12-2)7(10)11/h3,6H,4H2,1-2H3,(H,10,11). The topological polar surface area (TPSA) is 72.6 Å². The summed E-state index contributed by atoms with van der Waals surface area (Å²) in [5.74, 6) is -0.937. The summed E-state index contributed by atoms with van der Waals surface area (Å²) in [6.07, 6.45) is 1.48. The van der Waals surface area contributed by atoms with Crippen molar-refractivity contribution in [3.63, 3.8) is 0 Å². The van der Waals surface area contributed by atoms with Crippen LogP contribution in [-0.4, -0.2) is 35.0 Å². The Hall–Kier alpha value is -1.01. The fourth-order valence-corrected chi connectivity index (χ4v) is 1.66. The quantitative estimate of drug-likeness (QED) is 0.746. The molecular weight excluding hydrogens is 206 g/mol. The van der Waals surface area contributed by atoms with Gasteiger partial charge in [0.1, 0.15) is 11.5 Å². The van der Waals surface area contributed by atoms with Gasteiger partial charge in [0.15, 0.2) is 0 Å². The molecule has 0 spiro atoms. The molecule has 1 heterocycles. The Morgan fingerprint density at radius 2 is 2.57 bits per heavy atom. The van der Waals surface area contributed by atoms with Gasteiger partial charge in [0.2, 0.25) is 0 Å². The first-order valence-corrected chi connectivity index (χ1v) is 4.82. The van der Waals surface area contributed by atoms with Gasteiger partial charge in [-0.3, -0.25) is 4.79 Å². The Morgan fingerprint density at radius 3 is 3.00 bits per heavy atom. The van der Waals surface area contributed by atoms with Crippen LogP contribution in [-0.2, 0) is 9.53 Å². The molecule has 1 aromatic rings. The Labute approximate surface area is 85.5 Å². The number of ether oxygens (including phenoxy) is 1. The summed E-state index contributed by atoms with van der Waals surface area (Å²) in [5.41, 5.74) is 0.731. The number of hydrogen-bond acceptors (Lipinski definition) is 5. The zero-order valence-electron chi connectivity index (χ0n) is 7.89. The first kappa shape index (κ1) is 11.1. The van der Waals surface area contributed by atoms with Crippen LogP contribution in [0.3, 0.4) is 0 Å². The van der Waals surface area contributed by atoms with Crippen molar-refractivity contribution < 1.29 is 19.1 Å². The molecule has 0 saturated heterocycles. The van der Waals surface area contributed by atoms with E-state index in [2.05, 4.69) is 4.98 Å². The minimum absolute atomic E-state index is 0.126. The van der Waals surface area contributed by atoms with E-state index in [1.807, 2.05) is 0 Å². The van der Waals surface area contributed by atoms with Crippen LogP contribution in [0.15, 0.2) is 15.9 Å². The lowest BCUT2D eigenvalue weighted by molar-refractivity contribution is -0.137. The monoisotopic (exact) mass is 217 g/mol. The van der Waals surface area contributed by atoms with E-state index in [9.17, 15) is 4.79 Å². The highest BCUT2D eigenvalue weighted by Gasteiger charge is 2.21. The van der Waals surface area contributed by atoms with Crippen molar-refractivity contribution in [1.82, 2.24) is 4.98 Å². The van der Waals surface area contributed by atoms with Crippen LogP contribution in [0.4, 0.5) is 0 Å². The molecule has 0 amide bonds. The van der Waals surface area contributed by atoms with Gasteiger partial charge in [-0.1, -0.05) is 0 Å². The van der Waals surface area contributed by atoms with E-state index in [-0.39, 0.29) is 6.61 Å². The fraction of sp³-hybridized carbons (Fsp3) is 0.500. The second kappa shape index (κ2) is 5.02. The van der Waals surface area contributed by atoms with Gasteiger partial charge in [-0.25, -0.2) is 4.98 Å². The number of oxazole rings is 1. The summed E-state index contributed by atoms with van der Waals surface area (Å²) in [4.78, 5) is 14.7. The largest absolute Gasteiger partial charge is 0.480 e. The van der Waals surface area contributed by atoms with Crippen molar-refractivity contribution in [3.8, 4) is 0 Å². The number of carboxylic acids is 1. The van der Waals surface area contributed by atoms with Crippen molar-refractivity contribution in [2.24, 2.45) is 0 Å². The Morgan fingerprint density at radius 1 is 1.86 bits per heavy atom. The molecule has 6 heteroatoms. The average molecular weight is 217 g/mol. The maximum Gasteiger partial charge on any atom is 0.319 e. The molecule has 0 aromatic carbocycles. The number of carbonyl (C=O) groups is 1. The molecule has 1 atom stereocenters. The maximum atomic E-state index is 10.7. The predicted octanol–water partition coefficient (Wildman–Crippen LogP) is 1.17. The zero-order chi connectivity index (χ0) is 10.6. The van der Waals surface area contributed by atoms with E-state index in [0.717, 1.165) is 17.5 Å². The highest BCUT2D eigenvalue weighted by Crippen LogP contribution is 2.22. The van der Waals surface area contributed by atoms with Gasteiger partial charge in [0.05, 0.1) is 12.3 Å². The molecule has 1 aromatic heterocycles. The highest BCUT2D eigenvalue weighted by molar-refractivity contribution is 8.00. The average Bonchev–Trinajstić information content (AvgIpc) is 2.50. The van der Waals surface area contributed by atoms with E-state index < -0.39 is 11.2 Å². The minimum atomic E-state index is -0.937. The van der Waals surface area contributed by atoms with E-state index in [1.165, 1.54) is 13.4 Å². The summed E-state index contributed by atoms with van der Waals surface area (Å²) in [6, 6.07) is 0. The van der Waals surface area contributed by atoms with E-state index >= 15 is 0 Å². The van der Waals surface area contributed by atoms with Gasteiger partial charge in [-0.05, 0) is 18.7 Å². The van der Waals surface area contributed by atoms with Crippen molar-refractivity contribution in [2.75, 3.05) is 13.7 Å². The van der Waals surface area contributed by atoms with Crippen LogP contribution < -0.4 is 0 Å². The molecular formula is C8H11NO4S. The lowest BCUT2D eigenvalue weighted by Crippen LogP contribution is -2.21. The summed E-state index contributed by atoms with van der Waals surface area (Å²) < 4.78 is 9.80. The van der Waals surface area contributed by atoms with Crippen LogP contribution in [0.25, 0.3) is 0 Å². The number of thioether (sulfide) groups is 1. The number of nitrogens with zero attached hydrogens (tertiary/aromatic N) is 1. The molecule has 78 valence electrons. The minimum Gasteiger partial charge on any atom is -0.480 e. The van der Waals surface area contributed by atoms with Crippen LogP contribution >= 0.6 is 11.8 Å². The van der Waals surface area contributed by atoms with Gasteiger partial charge < -0.3 is 14.3 Å². The maximum absolute atomic E-state index is 10.7. The van der Waals surface area contributed by atoms with E-state index in [4.69, 9.17) is 14.3 Å². The van der Waals surface area contributed by atoms with E-state index in [0.29, 0.717) is 5.22 Å². The molecule has 14 heavy (non-hydrogen) atoms. The molecule has 0 aliphatic carbocycles. The van der Waals surface area contributed by atoms with Crippen LogP contribution in [0, 0.1) is 6.92 Å². The van der Waals surface area contributed by atoms with Gasteiger partial charge >= 0.3 is 5.97 Å².